The third-order valence-electron chi connectivity index (χ3n) is 3.77. The van der Waals surface area contributed by atoms with Gasteiger partial charge in [-0.3, -0.25) is 0 Å². The van der Waals surface area contributed by atoms with E-state index in [-0.39, 0.29) is 0 Å². The molecule has 0 bridgehead atoms. The maximum absolute atomic E-state index is 9.17. The average Bonchev–Trinajstić information content (AvgIpc) is 3.20. The van der Waals surface area contributed by atoms with Crippen molar-refractivity contribution < 1.29 is 0 Å². The van der Waals surface area contributed by atoms with Gasteiger partial charge >= 0.3 is 0 Å². The molecule has 0 unspecified atom stereocenters. The number of aromatic amines is 1. The molecule has 2 aromatic carbocycles. The minimum atomic E-state index is 0.370. The van der Waals surface area contributed by atoms with Crippen molar-refractivity contribution in [2.75, 3.05) is 0 Å². The second-order valence-corrected chi connectivity index (χ2v) is 7.05. The van der Waals surface area contributed by atoms with Crippen LogP contribution >= 0.6 is 22.9 Å². The maximum atomic E-state index is 9.17. The van der Waals surface area contributed by atoms with Crippen molar-refractivity contribution in [1.29, 1.82) is 5.26 Å². The number of benzene rings is 2. The van der Waals surface area contributed by atoms with Crippen LogP contribution in [0.15, 0.2) is 42.5 Å². The number of nitrogens with one attached hydrogen (secondary N) is 1. The van der Waals surface area contributed by atoms with Crippen molar-refractivity contribution >= 4 is 33.0 Å². The quantitative estimate of drug-likeness (QED) is 0.541. The van der Waals surface area contributed by atoms with Crippen LogP contribution in [-0.2, 0) is 0 Å². The lowest BCUT2D eigenvalue weighted by Gasteiger charge is -2.04. The van der Waals surface area contributed by atoms with Gasteiger partial charge in [0.2, 0.25) is 0 Å². The number of fused-ring (bicyclic) bond motifs is 1. The monoisotopic (exact) mass is 350 g/mol. The number of hydrogen-bond donors (Lipinski definition) is 1. The Balaban J connectivity index is 1.87. The predicted octanol–water partition coefficient (Wildman–Crippen LogP) is 5.19. The van der Waals surface area contributed by atoms with Crippen LogP contribution in [0.3, 0.4) is 0 Å². The molecule has 0 amide bonds. The summed E-state index contributed by atoms with van der Waals surface area (Å²) in [4.78, 5) is 1.15. The first kappa shape index (κ1) is 14.9. The second kappa shape index (κ2) is 5.75. The molecule has 0 aliphatic heterocycles. The summed E-state index contributed by atoms with van der Waals surface area (Å²) in [6.07, 6.45) is 0. The van der Waals surface area contributed by atoms with E-state index in [0.29, 0.717) is 11.4 Å². The van der Waals surface area contributed by atoms with Crippen molar-refractivity contribution in [2.24, 2.45) is 0 Å². The molecule has 0 aliphatic carbocycles. The number of aromatic nitrogens is 3. The van der Waals surface area contributed by atoms with Gasteiger partial charge in [-0.15, -0.1) is 16.4 Å². The molecular formula is C18H11ClN4S. The zero-order chi connectivity index (χ0) is 16.7. The van der Waals surface area contributed by atoms with Gasteiger partial charge in [-0.05, 0) is 59.8 Å². The summed E-state index contributed by atoms with van der Waals surface area (Å²) >= 11 is 7.80. The molecule has 24 heavy (non-hydrogen) atoms. The first-order valence-corrected chi connectivity index (χ1v) is 8.46. The fourth-order valence-corrected chi connectivity index (χ4v) is 3.94. The molecule has 6 heteroatoms. The molecule has 0 fully saturated rings. The summed E-state index contributed by atoms with van der Waals surface area (Å²) in [7, 11) is 0. The lowest BCUT2D eigenvalue weighted by atomic mass is 10.0. The van der Waals surface area contributed by atoms with Crippen LogP contribution in [0.25, 0.3) is 31.8 Å². The van der Waals surface area contributed by atoms with E-state index in [1.165, 1.54) is 4.70 Å². The molecule has 2 heterocycles. The van der Waals surface area contributed by atoms with Gasteiger partial charge in [0, 0.05) is 20.2 Å². The molecule has 4 aromatic rings. The average molecular weight is 351 g/mol. The Bertz CT molecular complexity index is 1100. The van der Waals surface area contributed by atoms with Crippen LogP contribution in [0.5, 0.6) is 0 Å². The topological polar surface area (TPSA) is 65.4 Å². The Morgan fingerprint density at radius 2 is 1.96 bits per heavy atom. The van der Waals surface area contributed by atoms with Crippen molar-refractivity contribution in [3.05, 3.63) is 58.7 Å². The SMILES string of the molecule is Cc1cc(-c2cc3cc(Cl)ccc3s2)cc(-c2nn[nH]c2C#N)c1. The van der Waals surface area contributed by atoms with E-state index in [0.717, 1.165) is 32.0 Å². The first-order chi connectivity index (χ1) is 11.6. The van der Waals surface area contributed by atoms with Gasteiger partial charge in [0.1, 0.15) is 11.8 Å². The smallest absolute Gasteiger partial charge is 0.163 e. The first-order valence-electron chi connectivity index (χ1n) is 7.27. The Morgan fingerprint density at radius 1 is 1.12 bits per heavy atom. The minimum absolute atomic E-state index is 0.370. The maximum Gasteiger partial charge on any atom is 0.163 e. The third-order valence-corrected chi connectivity index (χ3v) is 5.17. The van der Waals surface area contributed by atoms with Crippen LogP contribution in [0.2, 0.25) is 5.02 Å². The van der Waals surface area contributed by atoms with Gasteiger partial charge in [0.25, 0.3) is 0 Å². The molecule has 0 saturated heterocycles. The molecule has 116 valence electrons. The van der Waals surface area contributed by atoms with Crippen molar-refractivity contribution in [3.63, 3.8) is 0 Å². The highest BCUT2D eigenvalue weighted by molar-refractivity contribution is 7.22. The summed E-state index contributed by atoms with van der Waals surface area (Å²) in [6, 6.07) is 16.3. The highest BCUT2D eigenvalue weighted by Crippen LogP contribution is 2.36. The molecule has 2 aromatic heterocycles. The summed E-state index contributed by atoms with van der Waals surface area (Å²) in [5, 5.41) is 21.4. The standard InChI is InChI=1S/C18H11ClN4S/c1-10-4-11(6-13(5-10)18-15(9-20)21-23-22-18)17-8-12-7-14(19)2-3-16(12)24-17/h2-8H,1H3,(H,21,22,23). The molecular weight excluding hydrogens is 340 g/mol. The highest BCUT2D eigenvalue weighted by atomic mass is 35.5. The number of nitrogens with zero attached hydrogens (tertiary/aromatic N) is 3. The number of nitriles is 1. The van der Waals surface area contributed by atoms with Gasteiger partial charge in [0.05, 0.1) is 0 Å². The highest BCUT2D eigenvalue weighted by Gasteiger charge is 2.12. The number of aryl methyl sites for hydroxylation is 1. The van der Waals surface area contributed by atoms with Crippen molar-refractivity contribution in [3.8, 4) is 27.8 Å². The van der Waals surface area contributed by atoms with E-state index in [9.17, 15) is 5.26 Å². The Hall–Kier alpha value is -2.68. The lowest BCUT2D eigenvalue weighted by molar-refractivity contribution is 0.937. The molecule has 1 N–H and O–H groups in total. The third kappa shape index (κ3) is 2.56. The normalized spacial score (nSPS) is 10.9. The molecule has 4 nitrogen and oxygen atoms in total. The van der Waals surface area contributed by atoms with Crippen LogP contribution in [0, 0.1) is 18.3 Å². The second-order valence-electron chi connectivity index (χ2n) is 5.53. The number of H-pyrrole nitrogens is 1. The molecule has 0 saturated carbocycles. The van der Waals surface area contributed by atoms with Gasteiger partial charge < -0.3 is 0 Å². The van der Waals surface area contributed by atoms with Gasteiger partial charge in [-0.25, -0.2) is 5.10 Å². The molecule has 0 aliphatic rings. The fourth-order valence-electron chi connectivity index (χ4n) is 2.73. The molecule has 0 atom stereocenters. The number of halogens is 1. The van der Waals surface area contributed by atoms with Gasteiger partial charge in [0.15, 0.2) is 5.69 Å². The van der Waals surface area contributed by atoms with E-state index in [4.69, 9.17) is 11.6 Å². The Kier molecular flexibility index (Phi) is 3.57. The molecule has 4 rings (SSSR count). The lowest BCUT2D eigenvalue weighted by Crippen LogP contribution is -1.86. The van der Waals surface area contributed by atoms with E-state index >= 15 is 0 Å². The van der Waals surface area contributed by atoms with Crippen LogP contribution in [0.4, 0.5) is 0 Å². The number of thiophene rings is 1. The van der Waals surface area contributed by atoms with Gasteiger partial charge in [-0.1, -0.05) is 22.9 Å². The summed E-state index contributed by atoms with van der Waals surface area (Å²) in [5.74, 6) is 0. The van der Waals surface area contributed by atoms with E-state index in [1.807, 2.05) is 37.3 Å². The largest absolute Gasteiger partial charge is 0.247 e. The summed E-state index contributed by atoms with van der Waals surface area (Å²) < 4.78 is 1.19. The number of hydrogen-bond acceptors (Lipinski definition) is 4. The van der Waals surface area contributed by atoms with Crippen molar-refractivity contribution in [1.82, 2.24) is 15.4 Å². The summed E-state index contributed by atoms with van der Waals surface area (Å²) in [5.41, 5.74) is 4.02. The van der Waals surface area contributed by atoms with Crippen LogP contribution in [0.1, 0.15) is 11.3 Å². The molecule has 0 radical (unpaired) electrons. The van der Waals surface area contributed by atoms with Crippen LogP contribution < -0.4 is 0 Å². The molecule has 0 spiro atoms. The zero-order valence-corrected chi connectivity index (χ0v) is 14.2. The number of rotatable bonds is 2. The van der Waals surface area contributed by atoms with Crippen LogP contribution in [-0.4, -0.2) is 15.4 Å². The van der Waals surface area contributed by atoms with E-state index in [1.54, 1.807) is 11.3 Å². The van der Waals surface area contributed by atoms with E-state index in [2.05, 4.69) is 33.6 Å². The zero-order valence-electron chi connectivity index (χ0n) is 12.7. The van der Waals surface area contributed by atoms with Gasteiger partial charge in [-0.2, -0.15) is 5.26 Å². The Labute approximate surface area is 147 Å². The Morgan fingerprint density at radius 3 is 2.79 bits per heavy atom. The van der Waals surface area contributed by atoms with E-state index < -0.39 is 0 Å². The minimum Gasteiger partial charge on any atom is -0.247 e. The summed E-state index contributed by atoms with van der Waals surface area (Å²) in [6.45, 7) is 2.03. The van der Waals surface area contributed by atoms with Crippen molar-refractivity contribution in [2.45, 2.75) is 6.92 Å². The predicted molar refractivity (Wildman–Crippen MR) is 97.1 cm³/mol. The fraction of sp³-hybridized carbons (Fsp3) is 0.0556.